The molecule has 2 fully saturated rings. The number of alkyl carbamates (subject to hydrolysis) is 1. The molecule has 9 heteroatoms. The second-order valence-electron chi connectivity index (χ2n) is 9.79. The fourth-order valence-corrected chi connectivity index (χ4v) is 4.75. The Morgan fingerprint density at radius 3 is 2.53 bits per heavy atom. The average molecular weight is 492 g/mol. The van der Waals surface area contributed by atoms with Crippen molar-refractivity contribution in [3.05, 3.63) is 41.9 Å². The van der Waals surface area contributed by atoms with Crippen molar-refractivity contribution < 1.29 is 19.1 Å². The van der Waals surface area contributed by atoms with Gasteiger partial charge in [-0.3, -0.25) is 4.79 Å². The van der Waals surface area contributed by atoms with Crippen molar-refractivity contribution in [1.29, 1.82) is 0 Å². The number of hydrogen-bond acceptors (Lipinski definition) is 6. The van der Waals surface area contributed by atoms with Gasteiger partial charge in [0, 0.05) is 23.8 Å². The maximum Gasteiger partial charge on any atom is 0.407 e. The molecular weight excluding hydrogens is 458 g/mol. The fourth-order valence-electron chi connectivity index (χ4n) is 4.75. The minimum Gasteiger partial charge on any atom is -0.493 e. The van der Waals surface area contributed by atoms with Crippen molar-refractivity contribution in [2.75, 3.05) is 13.2 Å². The van der Waals surface area contributed by atoms with Gasteiger partial charge in [0.1, 0.15) is 23.3 Å². The minimum atomic E-state index is -0.381. The summed E-state index contributed by atoms with van der Waals surface area (Å²) in [7, 11) is 0. The molecule has 190 valence electrons. The van der Waals surface area contributed by atoms with E-state index in [1.165, 1.54) is 19.2 Å². The highest BCUT2D eigenvalue weighted by molar-refractivity contribution is 6.08. The number of carbonyl (C=O) groups is 2. The monoisotopic (exact) mass is 491 g/mol. The van der Waals surface area contributed by atoms with E-state index in [4.69, 9.17) is 9.47 Å². The molecule has 1 aromatic carbocycles. The fraction of sp³-hybridized carbons (Fsp3) is 0.481. The number of fused-ring (bicyclic) bond motifs is 1. The van der Waals surface area contributed by atoms with Crippen LogP contribution in [0.2, 0.25) is 0 Å². The maximum absolute atomic E-state index is 13.2. The maximum atomic E-state index is 13.2. The van der Waals surface area contributed by atoms with Crippen LogP contribution in [0, 0.1) is 12.8 Å². The van der Waals surface area contributed by atoms with Crippen LogP contribution in [0.25, 0.3) is 22.3 Å². The highest BCUT2D eigenvalue weighted by Gasteiger charge is 2.26. The number of aromatic amines is 1. The van der Waals surface area contributed by atoms with Crippen LogP contribution in [0.4, 0.5) is 4.79 Å². The first-order chi connectivity index (χ1) is 17.5. The lowest BCUT2D eigenvalue weighted by atomic mass is 9.91. The van der Waals surface area contributed by atoms with Gasteiger partial charge in [0.25, 0.3) is 5.91 Å². The summed E-state index contributed by atoms with van der Waals surface area (Å²) in [5, 5.41) is 6.03. The van der Waals surface area contributed by atoms with Crippen LogP contribution in [0.15, 0.2) is 30.7 Å². The van der Waals surface area contributed by atoms with E-state index in [9.17, 15) is 9.59 Å². The Hall–Kier alpha value is -3.62. The highest BCUT2D eigenvalue weighted by atomic mass is 16.5. The summed E-state index contributed by atoms with van der Waals surface area (Å²) in [5.74, 6) is 1.27. The molecule has 2 amide bonds. The third kappa shape index (κ3) is 5.45. The molecule has 0 aliphatic heterocycles. The molecule has 5 rings (SSSR count). The predicted octanol–water partition coefficient (Wildman–Crippen LogP) is 4.51. The molecule has 3 aromatic rings. The van der Waals surface area contributed by atoms with Gasteiger partial charge < -0.3 is 25.1 Å². The van der Waals surface area contributed by atoms with Crippen LogP contribution in [-0.4, -0.2) is 52.2 Å². The van der Waals surface area contributed by atoms with Gasteiger partial charge in [-0.05, 0) is 70.4 Å². The lowest BCUT2D eigenvalue weighted by Crippen LogP contribution is -2.43. The van der Waals surface area contributed by atoms with Gasteiger partial charge in [0.2, 0.25) is 0 Å². The molecule has 0 saturated heterocycles. The molecule has 2 aromatic heterocycles. The third-order valence-electron chi connectivity index (χ3n) is 6.93. The zero-order valence-electron chi connectivity index (χ0n) is 20.8. The van der Waals surface area contributed by atoms with Crippen molar-refractivity contribution in [2.24, 2.45) is 5.92 Å². The standard InChI is InChI=1S/C27H33N5O4/c1-3-35-27(34)32-19-9-7-18(8-10-19)31-26(33)21-13-28-25-23(29-15-30-24(21)25)20-12-16(2)4-11-22(20)36-14-17-5-6-17/h4,11-13,15,17-19,28H,3,5-10,14H2,1-2H3,(H,31,33)(H,32,34). The smallest absolute Gasteiger partial charge is 0.407 e. The summed E-state index contributed by atoms with van der Waals surface area (Å²) < 4.78 is 11.1. The Balaban J connectivity index is 1.30. The summed E-state index contributed by atoms with van der Waals surface area (Å²) in [4.78, 5) is 37.1. The summed E-state index contributed by atoms with van der Waals surface area (Å²) >= 11 is 0. The number of H-pyrrole nitrogens is 1. The van der Waals surface area contributed by atoms with Crippen LogP contribution in [0.1, 0.15) is 61.4 Å². The molecule has 2 aliphatic rings. The molecular formula is C27H33N5O4. The van der Waals surface area contributed by atoms with E-state index in [0.717, 1.165) is 48.3 Å². The molecule has 0 spiro atoms. The van der Waals surface area contributed by atoms with E-state index in [-0.39, 0.29) is 24.1 Å². The molecule has 2 heterocycles. The number of carbonyl (C=O) groups excluding carboxylic acids is 2. The molecule has 9 nitrogen and oxygen atoms in total. The lowest BCUT2D eigenvalue weighted by molar-refractivity contribution is 0.0923. The van der Waals surface area contributed by atoms with Gasteiger partial charge in [0.05, 0.1) is 24.3 Å². The first-order valence-electron chi connectivity index (χ1n) is 12.8. The number of rotatable bonds is 8. The van der Waals surface area contributed by atoms with E-state index in [1.807, 2.05) is 19.1 Å². The molecule has 0 unspecified atom stereocenters. The molecule has 36 heavy (non-hydrogen) atoms. The molecule has 0 atom stereocenters. The Bertz CT molecular complexity index is 1240. The quantitative estimate of drug-likeness (QED) is 0.427. The molecule has 2 aliphatic carbocycles. The van der Waals surface area contributed by atoms with E-state index < -0.39 is 0 Å². The highest BCUT2D eigenvalue weighted by Crippen LogP contribution is 2.36. The summed E-state index contributed by atoms with van der Waals surface area (Å²) in [5.41, 5.74) is 4.52. The van der Waals surface area contributed by atoms with E-state index >= 15 is 0 Å². The Labute approximate surface area is 210 Å². The predicted molar refractivity (Wildman–Crippen MR) is 136 cm³/mol. The SMILES string of the molecule is CCOC(=O)NC1CCC(NC(=O)c2c[nH]c3c(-c4cc(C)ccc4OCC4CC4)ncnc23)CC1. The number of ether oxygens (including phenoxy) is 2. The van der Waals surface area contributed by atoms with Gasteiger partial charge in [-0.25, -0.2) is 14.8 Å². The lowest BCUT2D eigenvalue weighted by Gasteiger charge is -2.29. The number of amides is 2. The number of nitrogens with one attached hydrogen (secondary N) is 3. The second-order valence-corrected chi connectivity index (χ2v) is 9.79. The van der Waals surface area contributed by atoms with Gasteiger partial charge in [0.15, 0.2) is 0 Å². The number of nitrogens with zero attached hydrogens (tertiary/aromatic N) is 2. The van der Waals surface area contributed by atoms with Crippen molar-refractivity contribution in [3.8, 4) is 17.0 Å². The molecule has 2 saturated carbocycles. The summed E-state index contributed by atoms with van der Waals surface area (Å²) in [6.45, 7) is 4.89. The van der Waals surface area contributed by atoms with E-state index in [1.54, 1.807) is 13.1 Å². The van der Waals surface area contributed by atoms with E-state index in [2.05, 4.69) is 31.7 Å². The number of aromatic nitrogens is 3. The Morgan fingerprint density at radius 2 is 1.81 bits per heavy atom. The molecule has 0 bridgehead atoms. The van der Waals surface area contributed by atoms with Crippen molar-refractivity contribution >= 4 is 23.0 Å². The van der Waals surface area contributed by atoms with Crippen molar-refractivity contribution in [2.45, 2.75) is 64.5 Å². The normalized spacial score (nSPS) is 19.6. The Morgan fingerprint density at radius 1 is 1.06 bits per heavy atom. The topological polar surface area (TPSA) is 118 Å². The number of hydrogen-bond donors (Lipinski definition) is 3. The second kappa shape index (κ2) is 10.6. The van der Waals surface area contributed by atoms with Crippen molar-refractivity contribution in [3.63, 3.8) is 0 Å². The van der Waals surface area contributed by atoms with Crippen LogP contribution < -0.4 is 15.4 Å². The summed E-state index contributed by atoms with van der Waals surface area (Å²) in [6, 6.07) is 6.21. The zero-order chi connectivity index (χ0) is 25.1. The average Bonchev–Trinajstić information content (AvgIpc) is 3.60. The number of benzene rings is 1. The number of aryl methyl sites for hydroxylation is 1. The van der Waals surface area contributed by atoms with Crippen molar-refractivity contribution in [1.82, 2.24) is 25.6 Å². The first-order valence-corrected chi connectivity index (χ1v) is 12.8. The molecule has 0 radical (unpaired) electrons. The van der Waals surface area contributed by atoms with Crippen LogP contribution >= 0.6 is 0 Å². The van der Waals surface area contributed by atoms with Crippen LogP contribution in [-0.2, 0) is 4.74 Å². The van der Waals surface area contributed by atoms with Crippen LogP contribution in [0.5, 0.6) is 5.75 Å². The van der Waals surface area contributed by atoms with Gasteiger partial charge in [-0.2, -0.15) is 0 Å². The minimum absolute atomic E-state index is 0.0446. The van der Waals surface area contributed by atoms with Gasteiger partial charge in [-0.15, -0.1) is 0 Å². The summed E-state index contributed by atoms with van der Waals surface area (Å²) in [6.07, 6.45) is 8.42. The largest absolute Gasteiger partial charge is 0.493 e. The third-order valence-corrected chi connectivity index (χ3v) is 6.93. The van der Waals surface area contributed by atoms with Gasteiger partial charge >= 0.3 is 6.09 Å². The van der Waals surface area contributed by atoms with Gasteiger partial charge in [-0.1, -0.05) is 11.6 Å². The zero-order valence-corrected chi connectivity index (χ0v) is 20.8. The van der Waals surface area contributed by atoms with Crippen LogP contribution in [0.3, 0.4) is 0 Å². The first kappa shape index (κ1) is 24.1. The Kier molecular flexibility index (Phi) is 7.06. The molecule has 3 N–H and O–H groups in total. The van der Waals surface area contributed by atoms with E-state index in [0.29, 0.717) is 35.7 Å².